The van der Waals surface area contributed by atoms with Gasteiger partial charge in [0.15, 0.2) is 0 Å². The summed E-state index contributed by atoms with van der Waals surface area (Å²) in [4.78, 5) is 13.9. The zero-order chi connectivity index (χ0) is 15.3. The van der Waals surface area contributed by atoms with E-state index >= 15 is 0 Å². The van der Waals surface area contributed by atoms with Crippen LogP contribution in [0.1, 0.15) is 43.6 Å². The molecule has 1 aromatic carbocycles. The highest BCUT2D eigenvalue weighted by Gasteiger charge is 2.17. The van der Waals surface area contributed by atoms with Gasteiger partial charge in [0.1, 0.15) is 5.75 Å². The highest BCUT2D eigenvalue weighted by Crippen LogP contribution is 2.22. The average Bonchev–Trinajstić information content (AvgIpc) is 2.40. The van der Waals surface area contributed by atoms with E-state index in [4.69, 9.17) is 0 Å². The predicted octanol–water partition coefficient (Wildman–Crippen LogP) is 2.41. The Morgan fingerprint density at radius 2 is 2.00 bits per heavy atom. The number of nitrogens with one attached hydrogen (secondary N) is 1. The summed E-state index contributed by atoms with van der Waals surface area (Å²) in [7, 11) is 1.58. The van der Waals surface area contributed by atoms with Gasteiger partial charge in [-0.1, -0.05) is 13.0 Å². The molecule has 0 heterocycles. The maximum Gasteiger partial charge on any atom is 0.251 e. The van der Waals surface area contributed by atoms with Crippen molar-refractivity contribution in [3.63, 3.8) is 0 Å². The molecular weight excluding hydrogens is 252 g/mol. The maximum absolute atomic E-state index is 11.5. The summed E-state index contributed by atoms with van der Waals surface area (Å²) in [6, 6.07) is 5.95. The van der Waals surface area contributed by atoms with Gasteiger partial charge in [0.25, 0.3) is 5.91 Å². The van der Waals surface area contributed by atoms with Crippen molar-refractivity contribution in [1.29, 1.82) is 0 Å². The Bertz CT molecular complexity index is 458. The van der Waals surface area contributed by atoms with E-state index in [1.165, 1.54) is 6.07 Å². The first-order valence-electron chi connectivity index (χ1n) is 7.20. The van der Waals surface area contributed by atoms with Crippen molar-refractivity contribution in [2.45, 2.75) is 46.2 Å². The van der Waals surface area contributed by atoms with Crippen molar-refractivity contribution in [1.82, 2.24) is 10.2 Å². The number of carbonyl (C=O) groups excluding carboxylic acids is 1. The van der Waals surface area contributed by atoms with Crippen molar-refractivity contribution in [3.8, 4) is 5.75 Å². The second-order valence-corrected chi connectivity index (χ2v) is 5.40. The van der Waals surface area contributed by atoms with Crippen LogP contribution in [0.3, 0.4) is 0 Å². The molecular formula is C16H26N2O2. The van der Waals surface area contributed by atoms with Gasteiger partial charge in [-0.2, -0.15) is 0 Å². The van der Waals surface area contributed by atoms with Gasteiger partial charge in [-0.05, 0) is 51.4 Å². The first-order chi connectivity index (χ1) is 9.40. The molecule has 20 heavy (non-hydrogen) atoms. The largest absolute Gasteiger partial charge is 0.508 e. The molecule has 0 bridgehead atoms. The molecule has 0 aliphatic rings. The Labute approximate surface area is 121 Å². The van der Waals surface area contributed by atoms with Gasteiger partial charge in [0.05, 0.1) is 0 Å². The van der Waals surface area contributed by atoms with Crippen LogP contribution < -0.4 is 5.32 Å². The third kappa shape index (κ3) is 3.97. The fraction of sp³-hybridized carbons (Fsp3) is 0.562. The van der Waals surface area contributed by atoms with Gasteiger partial charge in [-0.25, -0.2) is 0 Å². The standard InChI is InChI=1S/C16H26N2O2/c1-6-18(11(2)3)12(4)9-13-7-8-14(10-15(13)19)16(20)17-5/h7-8,10-12,19H,6,9H2,1-5H3,(H,17,20). The highest BCUT2D eigenvalue weighted by molar-refractivity contribution is 5.94. The van der Waals surface area contributed by atoms with Crippen LogP contribution in [0.5, 0.6) is 5.75 Å². The minimum absolute atomic E-state index is 0.183. The first kappa shape index (κ1) is 16.5. The van der Waals surface area contributed by atoms with Crippen LogP contribution in [0.2, 0.25) is 0 Å². The summed E-state index contributed by atoms with van der Waals surface area (Å²) in [5, 5.41) is 12.6. The van der Waals surface area contributed by atoms with Crippen LogP contribution in [0.15, 0.2) is 18.2 Å². The summed E-state index contributed by atoms with van der Waals surface area (Å²) in [6.07, 6.45) is 0.770. The normalized spacial score (nSPS) is 12.8. The maximum atomic E-state index is 11.5. The van der Waals surface area contributed by atoms with Gasteiger partial charge in [0.2, 0.25) is 0 Å². The molecule has 0 aromatic heterocycles. The molecule has 1 amide bonds. The number of benzene rings is 1. The minimum atomic E-state index is -0.183. The van der Waals surface area contributed by atoms with Gasteiger partial charge in [-0.15, -0.1) is 0 Å². The van der Waals surface area contributed by atoms with Crippen LogP contribution >= 0.6 is 0 Å². The van der Waals surface area contributed by atoms with Gasteiger partial charge >= 0.3 is 0 Å². The molecule has 1 unspecified atom stereocenters. The van der Waals surface area contributed by atoms with Crippen LogP contribution in [0.25, 0.3) is 0 Å². The van der Waals surface area contributed by atoms with Crippen molar-refractivity contribution in [2.75, 3.05) is 13.6 Å². The molecule has 1 rings (SSSR count). The molecule has 2 N–H and O–H groups in total. The Morgan fingerprint density at radius 3 is 2.45 bits per heavy atom. The predicted molar refractivity (Wildman–Crippen MR) is 82.2 cm³/mol. The molecule has 4 heteroatoms. The van der Waals surface area contributed by atoms with Gasteiger partial charge < -0.3 is 10.4 Å². The van der Waals surface area contributed by atoms with Crippen molar-refractivity contribution in [3.05, 3.63) is 29.3 Å². The fourth-order valence-corrected chi connectivity index (χ4v) is 2.64. The fourth-order valence-electron chi connectivity index (χ4n) is 2.64. The van der Waals surface area contributed by atoms with E-state index in [1.807, 2.05) is 6.07 Å². The van der Waals surface area contributed by atoms with E-state index in [9.17, 15) is 9.90 Å². The molecule has 4 nitrogen and oxygen atoms in total. The number of hydrogen-bond acceptors (Lipinski definition) is 3. The van der Waals surface area contributed by atoms with Crippen molar-refractivity contribution < 1.29 is 9.90 Å². The average molecular weight is 278 g/mol. The molecule has 0 aliphatic heterocycles. The zero-order valence-electron chi connectivity index (χ0n) is 13.1. The topological polar surface area (TPSA) is 52.6 Å². The Balaban J connectivity index is 2.85. The Morgan fingerprint density at radius 1 is 1.35 bits per heavy atom. The second-order valence-electron chi connectivity index (χ2n) is 5.40. The summed E-state index contributed by atoms with van der Waals surface area (Å²) >= 11 is 0. The molecule has 0 saturated carbocycles. The Kier molecular flexibility index (Phi) is 6.02. The molecule has 1 atom stereocenters. The molecule has 0 aliphatic carbocycles. The SMILES string of the molecule is CCN(C(C)C)C(C)Cc1ccc(C(=O)NC)cc1O. The monoisotopic (exact) mass is 278 g/mol. The minimum Gasteiger partial charge on any atom is -0.508 e. The number of aromatic hydroxyl groups is 1. The summed E-state index contributed by atoms with van der Waals surface area (Å²) in [5.41, 5.74) is 1.36. The van der Waals surface area contributed by atoms with E-state index in [0.717, 1.165) is 18.5 Å². The van der Waals surface area contributed by atoms with E-state index in [1.54, 1.807) is 13.1 Å². The number of phenols is 1. The van der Waals surface area contributed by atoms with Gasteiger partial charge in [0, 0.05) is 24.7 Å². The van der Waals surface area contributed by atoms with E-state index in [0.29, 0.717) is 17.6 Å². The third-order valence-electron chi connectivity index (χ3n) is 3.68. The molecule has 0 spiro atoms. The molecule has 0 saturated heterocycles. The van der Waals surface area contributed by atoms with Crippen LogP contribution in [0, 0.1) is 0 Å². The molecule has 1 aromatic rings. The number of nitrogens with zero attached hydrogens (tertiary/aromatic N) is 1. The lowest BCUT2D eigenvalue weighted by atomic mass is 10.0. The number of rotatable bonds is 6. The Hall–Kier alpha value is -1.55. The highest BCUT2D eigenvalue weighted by atomic mass is 16.3. The lowest BCUT2D eigenvalue weighted by Gasteiger charge is -2.31. The van der Waals surface area contributed by atoms with E-state index in [-0.39, 0.29) is 11.7 Å². The van der Waals surface area contributed by atoms with Crippen molar-refractivity contribution >= 4 is 5.91 Å². The second kappa shape index (κ2) is 7.29. The number of carbonyl (C=O) groups is 1. The zero-order valence-corrected chi connectivity index (χ0v) is 13.1. The van der Waals surface area contributed by atoms with E-state index < -0.39 is 0 Å². The van der Waals surface area contributed by atoms with Gasteiger partial charge in [-0.3, -0.25) is 9.69 Å². The van der Waals surface area contributed by atoms with Crippen LogP contribution in [-0.4, -0.2) is 41.6 Å². The summed E-state index contributed by atoms with van der Waals surface area (Å²) in [6.45, 7) is 9.64. The first-order valence-corrected chi connectivity index (χ1v) is 7.20. The van der Waals surface area contributed by atoms with Crippen LogP contribution in [0.4, 0.5) is 0 Å². The van der Waals surface area contributed by atoms with Crippen molar-refractivity contribution in [2.24, 2.45) is 0 Å². The van der Waals surface area contributed by atoms with Crippen LogP contribution in [-0.2, 0) is 6.42 Å². The quantitative estimate of drug-likeness (QED) is 0.840. The summed E-state index contributed by atoms with van der Waals surface area (Å²) < 4.78 is 0. The number of hydrogen-bond donors (Lipinski definition) is 2. The molecule has 0 radical (unpaired) electrons. The number of phenolic OH excluding ortho intramolecular Hbond substituents is 1. The lowest BCUT2D eigenvalue weighted by molar-refractivity contribution is 0.0962. The smallest absolute Gasteiger partial charge is 0.251 e. The number of amides is 1. The lowest BCUT2D eigenvalue weighted by Crippen LogP contribution is -2.39. The molecule has 112 valence electrons. The molecule has 0 fully saturated rings. The van der Waals surface area contributed by atoms with E-state index in [2.05, 4.69) is 37.9 Å². The summed E-state index contributed by atoms with van der Waals surface area (Å²) in [5.74, 6) is 0.00928. The number of likely N-dealkylation sites (N-methyl/N-ethyl adjacent to an activating group) is 1. The third-order valence-corrected chi connectivity index (χ3v) is 3.68.